The molecule has 1 heterocycles. The highest BCUT2D eigenvalue weighted by Gasteiger charge is 2.15. The number of ether oxygens (including phenoxy) is 4. The summed E-state index contributed by atoms with van der Waals surface area (Å²) in [5.41, 5.74) is 1.49. The van der Waals surface area contributed by atoms with Crippen LogP contribution in [0.25, 0.3) is 10.8 Å². The zero-order valence-corrected chi connectivity index (χ0v) is 17.6. The summed E-state index contributed by atoms with van der Waals surface area (Å²) >= 11 is 0. The van der Waals surface area contributed by atoms with Crippen LogP contribution in [-0.2, 0) is 20.8 Å². The first-order valence-corrected chi connectivity index (χ1v) is 9.40. The van der Waals surface area contributed by atoms with Gasteiger partial charge in [-0.3, -0.25) is 19.4 Å². The smallest absolute Gasteiger partial charge is 0.308 e. The van der Waals surface area contributed by atoms with Crippen molar-refractivity contribution in [2.24, 2.45) is 0 Å². The fourth-order valence-electron chi connectivity index (χ4n) is 3.11. The second kappa shape index (κ2) is 9.25. The van der Waals surface area contributed by atoms with Crippen LogP contribution in [0.1, 0.15) is 32.0 Å². The average Bonchev–Trinajstić information content (AvgIpc) is 2.68. The molecule has 0 unspecified atom stereocenters. The Labute approximate surface area is 178 Å². The Hall–Kier alpha value is -3.94. The maximum absolute atomic E-state index is 11.5. The van der Waals surface area contributed by atoms with Gasteiger partial charge in [0.1, 0.15) is 0 Å². The summed E-state index contributed by atoms with van der Waals surface area (Å²) in [5, 5.41) is 1.63. The van der Waals surface area contributed by atoms with Crippen LogP contribution in [0.15, 0.2) is 42.6 Å². The minimum atomic E-state index is -0.535. The molecule has 3 rings (SSSR count). The Balaban J connectivity index is 2.03. The van der Waals surface area contributed by atoms with E-state index in [4.69, 9.17) is 18.9 Å². The number of aromatic nitrogens is 1. The molecular formula is C23H21NO7. The normalized spacial score (nSPS) is 10.5. The molecule has 0 aliphatic heterocycles. The summed E-state index contributed by atoms with van der Waals surface area (Å²) in [6, 6.07) is 10.2. The van der Waals surface area contributed by atoms with E-state index in [1.807, 2.05) is 6.07 Å². The molecule has 31 heavy (non-hydrogen) atoms. The number of hydrogen-bond donors (Lipinski definition) is 0. The highest BCUT2D eigenvalue weighted by Crippen LogP contribution is 2.35. The number of esters is 3. The largest absolute Gasteiger partial charge is 0.493 e. The Kier molecular flexibility index (Phi) is 6.49. The van der Waals surface area contributed by atoms with Gasteiger partial charge in [-0.2, -0.15) is 0 Å². The lowest BCUT2D eigenvalue weighted by atomic mass is 10.0. The van der Waals surface area contributed by atoms with Crippen LogP contribution in [0.5, 0.6) is 23.0 Å². The summed E-state index contributed by atoms with van der Waals surface area (Å²) in [7, 11) is 1.50. The molecule has 3 aromatic rings. The number of pyridine rings is 1. The van der Waals surface area contributed by atoms with Crippen molar-refractivity contribution in [1.82, 2.24) is 4.98 Å². The molecule has 0 aliphatic rings. The van der Waals surface area contributed by atoms with Crippen molar-refractivity contribution < 1.29 is 33.3 Å². The van der Waals surface area contributed by atoms with Gasteiger partial charge < -0.3 is 18.9 Å². The third-order valence-electron chi connectivity index (χ3n) is 4.27. The summed E-state index contributed by atoms with van der Waals surface area (Å²) in [5.74, 6) is -0.502. The van der Waals surface area contributed by atoms with Crippen LogP contribution < -0.4 is 18.9 Å². The quantitative estimate of drug-likeness (QED) is 0.438. The third kappa shape index (κ3) is 5.36. The van der Waals surface area contributed by atoms with Gasteiger partial charge in [0, 0.05) is 38.8 Å². The number of carbonyl (C=O) groups is 3. The molecule has 0 bridgehead atoms. The fraction of sp³-hybridized carbons (Fsp3) is 0.217. The van der Waals surface area contributed by atoms with E-state index in [0.29, 0.717) is 23.6 Å². The lowest BCUT2D eigenvalue weighted by Gasteiger charge is -2.13. The highest BCUT2D eigenvalue weighted by atomic mass is 16.6. The van der Waals surface area contributed by atoms with Crippen LogP contribution in [0.4, 0.5) is 0 Å². The van der Waals surface area contributed by atoms with Gasteiger partial charge in [0.2, 0.25) is 0 Å². The summed E-state index contributed by atoms with van der Waals surface area (Å²) < 4.78 is 20.9. The minimum Gasteiger partial charge on any atom is -0.493 e. The van der Waals surface area contributed by atoms with Crippen LogP contribution in [0, 0.1) is 0 Å². The molecule has 2 aromatic carbocycles. The van der Waals surface area contributed by atoms with E-state index in [2.05, 4.69) is 4.98 Å². The Morgan fingerprint density at radius 2 is 1.39 bits per heavy atom. The van der Waals surface area contributed by atoms with Gasteiger partial charge in [-0.15, -0.1) is 0 Å². The molecule has 160 valence electrons. The average molecular weight is 423 g/mol. The molecule has 0 fully saturated rings. The first-order chi connectivity index (χ1) is 14.8. The van der Waals surface area contributed by atoms with Crippen molar-refractivity contribution in [2.45, 2.75) is 27.2 Å². The second-order valence-corrected chi connectivity index (χ2v) is 6.72. The van der Waals surface area contributed by atoms with Crippen molar-refractivity contribution in [3.8, 4) is 23.0 Å². The first-order valence-electron chi connectivity index (χ1n) is 9.40. The van der Waals surface area contributed by atoms with E-state index < -0.39 is 17.9 Å². The SMILES string of the molecule is COc1cc2ccnc(Cc3ccc(OC(C)=O)c(OC(C)=O)c3)c2cc1OC(C)=O. The highest BCUT2D eigenvalue weighted by molar-refractivity contribution is 5.89. The molecule has 0 aliphatic carbocycles. The van der Waals surface area contributed by atoms with Crippen LogP contribution in [-0.4, -0.2) is 30.0 Å². The van der Waals surface area contributed by atoms with Crippen molar-refractivity contribution in [3.63, 3.8) is 0 Å². The van der Waals surface area contributed by atoms with E-state index in [1.54, 1.807) is 36.5 Å². The fourth-order valence-corrected chi connectivity index (χ4v) is 3.11. The number of nitrogens with zero attached hydrogens (tertiary/aromatic N) is 1. The maximum atomic E-state index is 11.5. The van der Waals surface area contributed by atoms with E-state index >= 15 is 0 Å². The Morgan fingerprint density at radius 1 is 0.774 bits per heavy atom. The predicted molar refractivity (Wildman–Crippen MR) is 111 cm³/mol. The lowest BCUT2D eigenvalue weighted by molar-refractivity contribution is -0.134. The van der Waals surface area contributed by atoms with Crippen molar-refractivity contribution in [1.29, 1.82) is 0 Å². The zero-order chi connectivity index (χ0) is 22.5. The molecule has 0 saturated carbocycles. The number of benzene rings is 2. The topological polar surface area (TPSA) is 101 Å². The minimum absolute atomic E-state index is 0.141. The lowest BCUT2D eigenvalue weighted by Crippen LogP contribution is -2.07. The van der Waals surface area contributed by atoms with E-state index in [0.717, 1.165) is 16.3 Å². The van der Waals surface area contributed by atoms with Crippen LogP contribution >= 0.6 is 0 Å². The van der Waals surface area contributed by atoms with E-state index in [-0.39, 0.29) is 11.5 Å². The molecule has 0 radical (unpaired) electrons. The first kappa shape index (κ1) is 21.8. The van der Waals surface area contributed by atoms with Gasteiger partial charge in [0.25, 0.3) is 0 Å². The summed E-state index contributed by atoms with van der Waals surface area (Å²) in [6.07, 6.45) is 2.06. The summed E-state index contributed by atoms with van der Waals surface area (Å²) in [4.78, 5) is 38.7. The van der Waals surface area contributed by atoms with Gasteiger partial charge in [-0.1, -0.05) is 6.07 Å². The molecular weight excluding hydrogens is 402 g/mol. The van der Waals surface area contributed by atoms with Gasteiger partial charge >= 0.3 is 17.9 Å². The van der Waals surface area contributed by atoms with Gasteiger partial charge in [-0.05, 0) is 41.3 Å². The number of fused-ring (bicyclic) bond motifs is 1. The molecule has 0 atom stereocenters. The number of carbonyl (C=O) groups excluding carboxylic acids is 3. The van der Waals surface area contributed by atoms with Gasteiger partial charge in [0.05, 0.1) is 12.8 Å². The Bertz CT molecular complexity index is 1170. The number of rotatable bonds is 6. The van der Waals surface area contributed by atoms with Crippen molar-refractivity contribution in [3.05, 3.63) is 53.9 Å². The van der Waals surface area contributed by atoms with Crippen LogP contribution in [0.2, 0.25) is 0 Å². The second-order valence-electron chi connectivity index (χ2n) is 6.72. The molecule has 8 heteroatoms. The number of hydrogen-bond acceptors (Lipinski definition) is 8. The van der Waals surface area contributed by atoms with Gasteiger partial charge in [0.15, 0.2) is 23.0 Å². The molecule has 8 nitrogen and oxygen atoms in total. The Morgan fingerprint density at radius 3 is 2.00 bits per heavy atom. The monoisotopic (exact) mass is 423 g/mol. The molecule has 0 N–H and O–H groups in total. The summed E-state index contributed by atoms with van der Waals surface area (Å²) in [6.45, 7) is 3.84. The maximum Gasteiger partial charge on any atom is 0.308 e. The van der Waals surface area contributed by atoms with Crippen molar-refractivity contribution >= 4 is 28.7 Å². The zero-order valence-electron chi connectivity index (χ0n) is 17.6. The van der Waals surface area contributed by atoms with E-state index in [1.165, 1.54) is 27.9 Å². The number of methoxy groups -OCH3 is 1. The van der Waals surface area contributed by atoms with Crippen LogP contribution in [0.3, 0.4) is 0 Å². The molecule has 0 amide bonds. The van der Waals surface area contributed by atoms with Crippen molar-refractivity contribution in [2.75, 3.05) is 7.11 Å². The third-order valence-corrected chi connectivity index (χ3v) is 4.27. The molecule has 0 saturated heterocycles. The van der Waals surface area contributed by atoms with Gasteiger partial charge in [-0.25, -0.2) is 0 Å². The standard InChI is InChI=1S/C23H21NO7/c1-13(25)29-20-6-5-16(10-22(20)30-14(2)26)9-19-18-12-23(31-15(3)27)21(28-4)11-17(18)7-8-24-19/h5-8,10-12H,9H2,1-4H3. The molecule has 1 aromatic heterocycles. The predicted octanol–water partition coefficient (Wildman–Crippen LogP) is 3.61. The van der Waals surface area contributed by atoms with E-state index in [9.17, 15) is 14.4 Å². The molecule has 0 spiro atoms.